The maximum absolute atomic E-state index is 13.3. The molecule has 0 N–H and O–H groups in total. The van der Waals surface area contributed by atoms with Crippen molar-refractivity contribution in [3.8, 4) is 11.5 Å². The Bertz CT molecular complexity index is 1360. The summed E-state index contributed by atoms with van der Waals surface area (Å²) in [5, 5.41) is 0. The molecule has 1 fully saturated rings. The molecule has 1 aliphatic rings. The number of sulfonamides is 1. The molecule has 1 aliphatic heterocycles. The van der Waals surface area contributed by atoms with Gasteiger partial charge in [-0.05, 0) is 62.2 Å². The Morgan fingerprint density at radius 1 is 1.14 bits per heavy atom. The average molecular weight is 520 g/mol. The summed E-state index contributed by atoms with van der Waals surface area (Å²) in [5.74, 6) is 0.832. The molecule has 2 heterocycles. The second-order valence-electron chi connectivity index (χ2n) is 7.99. The van der Waals surface area contributed by atoms with E-state index < -0.39 is 22.0 Å². The van der Waals surface area contributed by atoms with Crippen molar-refractivity contribution in [1.82, 2.24) is 8.87 Å². The third-order valence-electron chi connectivity index (χ3n) is 5.84. The molecule has 11 heteroatoms. The Kier molecular flexibility index (Phi) is 7.90. The first-order chi connectivity index (χ1) is 16.9. The quantitative estimate of drug-likeness (QED) is 0.431. The van der Waals surface area contributed by atoms with E-state index in [0.29, 0.717) is 43.2 Å². The minimum absolute atomic E-state index is 0.124. The molecule has 9 nitrogen and oxygen atoms in total. The number of benzene rings is 2. The van der Waals surface area contributed by atoms with E-state index in [9.17, 15) is 13.2 Å². The third-order valence-corrected chi connectivity index (χ3v) is 8.81. The van der Waals surface area contributed by atoms with Gasteiger partial charge in [0.2, 0.25) is 10.0 Å². The molecule has 1 unspecified atom stereocenters. The van der Waals surface area contributed by atoms with Crippen LogP contribution in [-0.4, -0.2) is 63.2 Å². The number of thiazole rings is 1. The van der Waals surface area contributed by atoms with Crippen molar-refractivity contribution in [2.75, 3.05) is 34.0 Å². The molecule has 188 valence electrons. The van der Waals surface area contributed by atoms with Crippen LogP contribution in [0.4, 0.5) is 0 Å². The van der Waals surface area contributed by atoms with Gasteiger partial charge in [0, 0.05) is 20.2 Å². The molecule has 0 radical (unpaired) electrons. The summed E-state index contributed by atoms with van der Waals surface area (Å²) >= 11 is 1.37. The van der Waals surface area contributed by atoms with Gasteiger partial charge in [0.05, 0.1) is 35.4 Å². The van der Waals surface area contributed by atoms with Gasteiger partial charge in [0.15, 0.2) is 4.80 Å². The number of nitrogens with zero attached hydrogens (tertiary/aromatic N) is 3. The zero-order chi connectivity index (χ0) is 25.0. The number of hydrogen-bond donors (Lipinski definition) is 0. The summed E-state index contributed by atoms with van der Waals surface area (Å²) in [5.41, 5.74) is 0.913. The van der Waals surface area contributed by atoms with Gasteiger partial charge in [-0.2, -0.15) is 9.30 Å². The molecule has 0 saturated carbocycles. The summed E-state index contributed by atoms with van der Waals surface area (Å²) in [6.45, 7) is 3.70. The molecule has 1 atom stereocenters. The topological polar surface area (TPSA) is 99.4 Å². The number of carbonyl (C=O) groups excluding carboxylic acids is 1. The van der Waals surface area contributed by atoms with Gasteiger partial charge >= 0.3 is 0 Å². The van der Waals surface area contributed by atoms with Crippen molar-refractivity contribution in [3.05, 3.63) is 47.3 Å². The lowest BCUT2D eigenvalue weighted by Gasteiger charge is -2.21. The summed E-state index contributed by atoms with van der Waals surface area (Å²) in [7, 11) is -0.720. The fraction of sp³-hybridized carbons (Fsp3) is 0.417. The van der Waals surface area contributed by atoms with Crippen LogP contribution in [0.3, 0.4) is 0 Å². The van der Waals surface area contributed by atoms with Crippen LogP contribution in [0.2, 0.25) is 0 Å². The Hall–Kier alpha value is -2.73. The second-order valence-corrected chi connectivity index (χ2v) is 10.9. The van der Waals surface area contributed by atoms with Gasteiger partial charge < -0.3 is 18.8 Å². The van der Waals surface area contributed by atoms with Gasteiger partial charge in [-0.25, -0.2) is 8.42 Å². The van der Waals surface area contributed by atoms with Crippen LogP contribution in [0.15, 0.2) is 52.4 Å². The normalized spacial score (nSPS) is 17.2. The maximum atomic E-state index is 13.3. The highest BCUT2D eigenvalue weighted by Gasteiger charge is 2.39. The predicted molar refractivity (Wildman–Crippen MR) is 133 cm³/mol. The Balaban J connectivity index is 1.69. The van der Waals surface area contributed by atoms with Crippen LogP contribution >= 0.6 is 11.3 Å². The molecule has 4 rings (SSSR count). The largest absolute Gasteiger partial charge is 0.497 e. The molecule has 3 aromatic rings. The number of ether oxygens (including phenoxy) is 3. The number of fused-ring (bicyclic) bond motifs is 1. The highest BCUT2D eigenvalue weighted by Crippen LogP contribution is 2.28. The van der Waals surface area contributed by atoms with Crippen molar-refractivity contribution < 1.29 is 27.4 Å². The molecule has 2 aromatic carbocycles. The van der Waals surface area contributed by atoms with Crippen LogP contribution < -0.4 is 14.3 Å². The minimum atomic E-state index is -3.85. The molecular formula is C24H29N3O6S2. The number of methoxy groups -OCH3 is 2. The monoisotopic (exact) mass is 519 g/mol. The molecule has 0 bridgehead atoms. The fourth-order valence-corrected chi connectivity index (χ4v) is 6.86. The molecule has 0 aliphatic carbocycles. The first kappa shape index (κ1) is 25.4. The summed E-state index contributed by atoms with van der Waals surface area (Å²) in [6, 6.07) is 11.1. The van der Waals surface area contributed by atoms with E-state index >= 15 is 0 Å². The van der Waals surface area contributed by atoms with E-state index in [1.807, 2.05) is 29.7 Å². The van der Waals surface area contributed by atoms with Gasteiger partial charge in [-0.3, -0.25) is 4.79 Å². The van der Waals surface area contributed by atoms with Crippen molar-refractivity contribution in [3.63, 3.8) is 0 Å². The van der Waals surface area contributed by atoms with Crippen molar-refractivity contribution >= 4 is 37.5 Å². The van der Waals surface area contributed by atoms with Crippen LogP contribution in [-0.2, 0) is 26.1 Å². The number of hydrogen-bond acceptors (Lipinski definition) is 7. The minimum Gasteiger partial charge on any atom is -0.497 e. The van der Waals surface area contributed by atoms with E-state index in [2.05, 4.69) is 4.99 Å². The van der Waals surface area contributed by atoms with Crippen LogP contribution in [0.5, 0.6) is 11.5 Å². The third kappa shape index (κ3) is 5.27. The highest BCUT2D eigenvalue weighted by atomic mass is 32.2. The van der Waals surface area contributed by atoms with Crippen LogP contribution in [0.25, 0.3) is 10.2 Å². The lowest BCUT2D eigenvalue weighted by atomic mass is 10.2. The highest BCUT2D eigenvalue weighted by molar-refractivity contribution is 7.89. The van der Waals surface area contributed by atoms with Crippen LogP contribution in [0.1, 0.15) is 19.8 Å². The van der Waals surface area contributed by atoms with Crippen molar-refractivity contribution in [2.45, 2.75) is 37.2 Å². The summed E-state index contributed by atoms with van der Waals surface area (Å²) in [4.78, 5) is 18.4. The van der Waals surface area contributed by atoms with E-state index in [0.717, 1.165) is 16.0 Å². The van der Waals surface area contributed by atoms with Gasteiger partial charge in [-0.1, -0.05) is 11.3 Å². The van der Waals surface area contributed by atoms with Crippen LogP contribution in [0, 0.1) is 0 Å². The number of amides is 1. The van der Waals surface area contributed by atoms with E-state index in [4.69, 9.17) is 14.2 Å². The van der Waals surface area contributed by atoms with E-state index in [-0.39, 0.29) is 11.4 Å². The maximum Gasteiger partial charge on any atom is 0.266 e. The lowest BCUT2D eigenvalue weighted by molar-refractivity contribution is -0.121. The molecule has 35 heavy (non-hydrogen) atoms. The molecule has 1 amide bonds. The lowest BCUT2D eigenvalue weighted by Crippen LogP contribution is -2.40. The number of aromatic nitrogens is 1. The molecule has 1 aromatic heterocycles. The molecule has 1 saturated heterocycles. The predicted octanol–water partition coefficient (Wildman–Crippen LogP) is 3.04. The Morgan fingerprint density at radius 3 is 2.57 bits per heavy atom. The zero-order valence-electron chi connectivity index (χ0n) is 20.0. The van der Waals surface area contributed by atoms with Gasteiger partial charge in [0.25, 0.3) is 5.91 Å². The summed E-state index contributed by atoms with van der Waals surface area (Å²) < 4.78 is 46.7. The molecular weight excluding hydrogens is 490 g/mol. The second kappa shape index (κ2) is 10.9. The smallest absolute Gasteiger partial charge is 0.266 e. The van der Waals surface area contributed by atoms with E-state index in [1.165, 1.54) is 34.9 Å². The Labute approximate surface area is 208 Å². The van der Waals surface area contributed by atoms with Gasteiger partial charge in [-0.15, -0.1) is 0 Å². The molecule has 0 spiro atoms. The van der Waals surface area contributed by atoms with Crippen molar-refractivity contribution in [1.29, 1.82) is 0 Å². The Morgan fingerprint density at radius 2 is 1.89 bits per heavy atom. The zero-order valence-corrected chi connectivity index (χ0v) is 21.6. The number of rotatable bonds is 9. The van der Waals surface area contributed by atoms with E-state index in [1.54, 1.807) is 19.2 Å². The fourth-order valence-electron chi connectivity index (χ4n) is 4.12. The summed E-state index contributed by atoms with van der Waals surface area (Å²) in [6.07, 6.45) is 1.02. The SMILES string of the molecule is CCOc1ccc2c(c1)sc(=NC(=O)C1CCCN1S(=O)(=O)c1ccc(OC)cc1)n2CCOC. The average Bonchev–Trinajstić information content (AvgIpc) is 3.48. The number of carbonyl (C=O) groups is 1. The first-order valence-electron chi connectivity index (χ1n) is 11.4. The van der Waals surface area contributed by atoms with Gasteiger partial charge in [0.1, 0.15) is 17.5 Å². The van der Waals surface area contributed by atoms with Crippen molar-refractivity contribution in [2.24, 2.45) is 4.99 Å². The first-order valence-corrected chi connectivity index (χ1v) is 13.6. The standard InChI is InChI=1S/C24H29N3O6S2/c1-4-33-18-9-12-20-22(16-18)34-24(26(20)14-15-31-2)25-23(28)21-6-5-13-27(21)35(29,30)19-10-7-17(32-3)8-11-19/h7-12,16,21H,4-6,13-15H2,1-3H3.